The molecule has 2 amide bonds. The molecule has 2 aromatic carbocycles. The Hall–Kier alpha value is -3.48. The number of carbonyl (C=O) groups is 2. The number of methoxy groups -OCH3 is 2. The van der Waals surface area contributed by atoms with E-state index in [1.54, 1.807) is 25.3 Å². The Labute approximate surface area is 182 Å². The number of carbonyl (C=O) groups excluding carboxylic acids is 2. The Bertz CT molecular complexity index is 982. The zero-order valence-electron chi connectivity index (χ0n) is 18.3. The summed E-state index contributed by atoms with van der Waals surface area (Å²) in [4.78, 5) is 24.8. The first-order valence-electron chi connectivity index (χ1n) is 10.2. The van der Waals surface area contributed by atoms with Crippen molar-refractivity contribution in [1.29, 1.82) is 0 Å². The molecule has 1 heterocycles. The Kier molecular flexibility index (Phi) is 7.18. The van der Waals surface area contributed by atoms with Crippen LogP contribution in [0.2, 0.25) is 0 Å². The van der Waals surface area contributed by atoms with Crippen LogP contribution in [0.3, 0.4) is 0 Å². The summed E-state index contributed by atoms with van der Waals surface area (Å²) >= 11 is 0. The summed E-state index contributed by atoms with van der Waals surface area (Å²) in [5.41, 5.74) is 3.85. The van der Waals surface area contributed by atoms with E-state index in [2.05, 4.69) is 10.6 Å². The molecule has 7 heteroatoms. The number of urea groups is 1. The number of amides is 2. The van der Waals surface area contributed by atoms with Gasteiger partial charge < -0.3 is 24.8 Å². The molecule has 164 valence electrons. The molecule has 1 aliphatic rings. The molecule has 1 atom stereocenters. The second-order valence-corrected chi connectivity index (χ2v) is 7.35. The number of hydrogen-bond acceptors (Lipinski definition) is 5. The number of benzene rings is 2. The van der Waals surface area contributed by atoms with Crippen molar-refractivity contribution in [1.82, 2.24) is 10.6 Å². The maximum absolute atomic E-state index is 12.6. The lowest BCUT2D eigenvalue weighted by atomic mass is 9.93. The zero-order chi connectivity index (χ0) is 22.4. The summed E-state index contributed by atoms with van der Waals surface area (Å²) in [6.45, 7) is 4.37. The zero-order valence-corrected chi connectivity index (χ0v) is 18.3. The standard InChI is InChI=1S/C24H28N2O5/c1-5-6-18-21(23(27)30-4)22(26-24(28)25-18)17-11-12-19(29-3)20(13-17)31-14-16-9-7-15(2)8-10-16/h7-13,22H,5-6,14H2,1-4H3,(H2,25,26,28). The van der Waals surface area contributed by atoms with Crippen LogP contribution in [0.5, 0.6) is 11.5 Å². The van der Waals surface area contributed by atoms with Gasteiger partial charge in [0, 0.05) is 5.70 Å². The third kappa shape index (κ3) is 5.17. The molecule has 31 heavy (non-hydrogen) atoms. The lowest BCUT2D eigenvalue weighted by molar-refractivity contribution is -0.136. The maximum Gasteiger partial charge on any atom is 0.337 e. The molecule has 0 fully saturated rings. The van der Waals surface area contributed by atoms with E-state index in [9.17, 15) is 9.59 Å². The third-order valence-electron chi connectivity index (χ3n) is 5.09. The molecule has 0 saturated carbocycles. The van der Waals surface area contributed by atoms with Gasteiger partial charge in [-0.3, -0.25) is 0 Å². The molecular formula is C24H28N2O5. The van der Waals surface area contributed by atoms with Crippen molar-refractivity contribution < 1.29 is 23.8 Å². The van der Waals surface area contributed by atoms with Crippen LogP contribution in [-0.4, -0.2) is 26.2 Å². The van der Waals surface area contributed by atoms with Crippen molar-refractivity contribution in [3.63, 3.8) is 0 Å². The highest BCUT2D eigenvalue weighted by Crippen LogP contribution is 2.35. The number of aryl methyl sites for hydroxylation is 1. The highest BCUT2D eigenvalue weighted by molar-refractivity contribution is 5.95. The van der Waals surface area contributed by atoms with E-state index in [-0.39, 0.29) is 6.03 Å². The number of allylic oxidation sites excluding steroid dienone is 1. The molecule has 0 aliphatic carbocycles. The molecule has 0 saturated heterocycles. The van der Waals surface area contributed by atoms with E-state index < -0.39 is 12.0 Å². The van der Waals surface area contributed by atoms with Crippen LogP contribution in [0.15, 0.2) is 53.7 Å². The fourth-order valence-corrected chi connectivity index (χ4v) is 3.50. The predicted octanol–water partition coefficient (Wildman–Crippen LogP) is 4.16. The van der Waals surface area contributed by atoms with Gasteiger partial charge in [0.15, 0.2) is 11.5 Å². The van der Waals surface area contributed by atoms with Crippen LogP contribution >= 0.6 is 0 Å². The fourth-order valence-electron chi connectivity index (χ4n) is 3.50. The fraction of sp³-hybridized carbons (Fsp3) is 0.333. The van der Waals surface area contributed by atoms with E-state index in [4.69, 9.17) is 14.2 Å². The summed E-state index contributed by atoms with van der Waals surface area (Å²) in [6, 6.07) is 12.4. The third-order valence-corrected chi connectivity index (χ3v) is 5.09. The molecular weight excluding hydrogens is 396 g/mol. The van der Waals surface area contributed by atoms with E-state index >= 15 is 0 Å². The number of nitrogens with one attached hydrogen (secondary N) is 2. The van der Waals surface area contributed by atoms with Crippen molar-refractivity contribution in [2.45, 2.75) is 39.3 Å². The van der Waals surface area contributed by atoms with Crippen LogP contribution in [0.1, 0.15) is 42.5 Å². The summed E-state index contributed by atoms with van der Waals surface area (Å²) in [5.74, 6) is 0.599. The van der Waals surface area contributed by atoms with E-state index in [1.165, 1.54) is 12.7 Å². The van der Waals surface area contributed by atoms with Crippen molar-refractivity contribution in [2.75, 3.05) is 14.2 Å². The summed E-state index contributed by atoms with van der Waals surface area (Å²) < 4.78 is 16.5. The summed E-state index contributed by atoms with van der Waals surface area (Å²) in [7, 11) is 2.90. The molecule has 0 radical (unpaired) electrons. The SMILES string of the molecule is CCCC1=C(C(=O)OC)C(c2ccc(OC)c(OCc3ccc(C)cc3)c2)NC(=O)N1. The molecule has 0 spiro atoms. The van der Waals surface area contributed by atoms with E-state index in [0.717, 1.165) is 12.0 Å². The first-order chi connectivity index (χ1) is 15.0. The number of hydrogen-bond donors (Lipinski definition) is 2. The van der Waals surface area contributed by atoms with Crippen molar-refractivity contribution in [3.05, 3.63) is 70.4 Å². The minimum absolute atomic E-state index is 0.361. The van der Waals surface area contributed by atoms with Gasteiger partial charge in [0.2, 0.25) is 0 Å². The van der Waals surface area contributed by atoms with Crippen molar-refractivity contribution in [3.8, 4) is 11.5 Å². The van der Waals surface area contributed by atoms with E-state index in [1.807, 2.05) is 38.1 Å². The Balaban J connectivity index is 1.95. The first kappa shape index (κ1) is 22.2. The van der Waals surface area contributed by atoms with Crippen LogP contribution in [0.25, 0.3) is 0 Å². The molecule has 7 nitrogen and oxygen atoms in total. The minimum atomic E-state index is -0.657. The quantitative estimate of drug-likeness (QED) is 0.622. The van der Waals surface area contributed by atoms with Gasteiger partial charge in [-0.15, -0.1) is 0 Å². The molecule has 1 unspecified atom stereocenters. The molecule has 2 aromatic rings. The topological polar surface area (TPSA) is 85.9 Å². The van der Waals surface area contributed by atoms with E-state index in [0.29, 0.717) is 41.4 Å². The summed E-state index contributed by atoms with van der Waals surface area (Å²) in [5, 5.41) is 5.57. The highest BCUT2D eigenvalue weighted by Gasteiger charge is 2.33. The Morgan fingerprint density at radius 2 is 1.81 bits per heavy atom. The van der Waals surface area contributed by atoms with Gasteiger partial charge in [-0.2, -0.15) is 0 Å². The molecule has 1 aliphatic heterocycles. The van der Waals surface area contributed by atoms with Gasteiger partial charge in [0.25, 0.3) is 0 Å². The molecule has 3 rings (SSSR count). The van der Waals surface area contributed by atoms with Crippen molar-refractivity contribution in [2.24, 2.45) is 0 Å². The number of esters is 1. The first-order valence-corrected chi connectivity index (χ1v) is 10.2. The Morgan fingerprint density at radius 3 is 2.45 bits per heavy atom. The summed E-state index contributed by atoms with van der Waals surface area (Å²) in [6.07, 6.45) is 1.33. The Morgan fingerprint density at radius 1 is 1.06 bits per heavy atom. The maximum atomic E-state index is 12.6. The van der Waals surface area contributed by atoms with Crippen LogP contribution in [0, 0.1) is 6.92 Å². The second-order valence-electron chi connectivity index (χ2n) is 7.35. The predicted molar refractivity (Wildman–Crippen MR) is 117 cm³/mol. The van der Waals surface area contributed by atoms with Crippen LogP contribution in [-0.2, 0) is 16.1 Å². The van der Waals surface area contributed by atoms with Gasteiger partial charge in [0.1, 0.15) is 6.61 Å². The van der Waals surface area contributed by atoms with Crippen LogP contribution in [0.4, 0.5) is 4.79 Å². The lowest BCUT2D eigenvalue weighted by Crippen LogP contribution is -2.45. The monoisotopic (exact) mass is 424 g/mol. The largest absolute Gasteiger partial charge is 0.493 e. The minimum Gasteiger partial charge on any atom is -0.493 e. The number of rotatable bonds is 8. The molecule has 0 aromatic heterocycles. The smallest absolute Gasteiger partial charge is 0.337 e. The highest BCUT2D eigenvalue weighted by atomic mass is 16.5. The molecule has 2 N–H and O–H groups in total. The van der Waals surface area contributed by atoms with Gasteiger partial charge >= 0.3 is 12.0 Å². The average Bonchev–Trinajstić information content (AvgIpc) is 2.78. The van der Waals surface area contributed by atoms with Gasteiger partial charge in [0.05, 0.1) is 25.8 Å². The lowest BCUT2D eigenvalue weighted by Gasteiger charge is -2.29. The van der Waals surface area contributed by atoms with Gasteiger partial charge in [-0.25, -0.2) is 9.59 Å². The van der Waals surface area contributed by atoms with Crippen LogP contribution < -0.4 is 20.1 Å². The average molecular weight is 424 g/mol. The normalized spacial score (nSPS) is 15.7. The van der Waals surface area contributed by atoms with Crippen molar-refractivity contribution >= 4 is 12.0 Å². The molecule has 0 bridgehead atoms. The second kappa shape index (κ2) is 10.0. The van der Waals surface area contributed by atoms with Gasteiger partial charge in [-0.05, 0) is 36.6 Å². The van der Waals surface area contributed by atoms with Gasteiger partial charge in [-0.1, -0.05) is 49.2 Å². The number of ether oxygens (including phenoxy) is 3.